The van der Waals surface area contributed by atoms with Crippen molar-refractivity contribution in [1.82, 2.24) is 20.4 Å². The Bertz CT molecular complexity index is 1100. The molecule has 1 aliphatic rings. The molecular formula is C22H19ClN4O2. The lowest BCUT2D eigenvalue weighted by atomic mass is 9.74. The van der Waals surface area contributed by atoms with Crippen LogP contribution in [-0.4, -0.2) is 33.6 Å². The van der Waals surface area contributed by atoms with Crippen LogP contribution in [0.25, 0.3) is 22.8 Å². The Morgan fingerprint density at radius 1 is 0.931 bits per heavy atom. The Morgan fingerprint density at radius 2 is 1.69 bits per heavy atom. The number of hydrogen-bond donors (Lipinski definition) is 1. The highest BCUT2D eigenvalue weighted by Gasteiger charge is 2.41. The van der Waals surface area contributed by atoms with Crippen molar-refractivity contribution in [2.24, 2.45) is 0 Å². The minimum Gasteiger partial charge on any atom is -0.418 e. The molecule has 1 saturated heterocycles. The summed E-state index contributed by atoms with van der Waals surface area (Å²) in [7, 11) is 0. The van der Waals surface area contributed by atoms with Crippen molar-refractivity contribution in [1.29, 1.82) is 0 Å². The normalized spacial score (nSPS) is 16.0. The molecule has 0 aliphatic carbocycles. The molecule has 0 bridgehead atoms. The van der Waals surface area contributed by atoms with E-state index in [-0.39, 0.29) is 5.41 Å². The second-order valence-electron chi connectivity index (χ2n) is 7.15. The summed E-state index contributed by atoms with van der Waals surface area (Å²) >= 11 is 6.09. The molecule has 3 heterocycles. The SMILES string of the molecule is Clc1ccc(C2(c3nnc(-c4cc(-c5ccccc5)n[nH]4)o3)CCOCC2)cc1. The second-order valence-corrected chi connectivity index (χ2v) is 7.58. The fourth-order valence-corrected chi connectivity index (χ4v) is 3.95. The Balaban J connectivity index is 1.51. The number of rotatable bonds is 4. The smallest absolute Gasteiger partial charge is 0.265 e. The van der Waals surface area contributed by atoms with Gasteiger partial charge in [-0.1, -0.05) is 54.1 Å². The zero-order valence-corrected chi connectivity index (χ0v) is 16.4. The van der Waals surface area contributed by atoms with Crippen molar-refractivity contribution in [2.75, 3.05) is 13.2 Å². The maximum absolute atomic E-state index is 6.16. The van der Waals surface area contributed by atoms with Gasteiger partial charge in [0.15, 0.2) is 0 Å². The van der Waals surface area contributed by atoms with Gasteiger partial charge in [-0.05, 0) is 36.6 Å². The minimum atomic E-state index is -0.379. The molecule has 1 N–H and O–H groups in total. The molecule has 146 valence electrons. The first kappa shape index (κ1) is 18.1. The summed E-state index contributed by atoms with van der Waals surface area (Å²) in [6.07, 6.45) is 1.54. The topological polar surface area (TPSA) is 76.8 Å². The third kappa shape index (κ3) is 3.34. The van der Waals surface area contributed by atoms with Crippen molar-refractivity contribution >= 4 is 11.6 Å². The van der Waals surface area contributed by atoms with Crippen molar-refractivity contribution in [3.05, 3.63) is 77.1 Å². The van der Waals surface area contributed by atoms with E-state index in [1.54, 1.807) is 0 Å². The number of H-pyrrole nitrogens is 1. The van der Waals surface area contributed by atoms with Gasteiger partial charge in [0.2, 0.25) is 5.89 Å². The Hall–Kier alpha value is -2.96. The number of benzene rings is 2. The summed E-state index contributed by atoms with van der Waals surface area (Å²) in [6, 6.07) is 19.7. The molecule has 0 saturated carbocycles. The quantitative estimate of drug-likeness (QED) is 0.522. The molecule has 0 amide bonds. The first-order valence-corrected chi connectivity index (χ1v) is 9.91. The van der Waals surface area contributed by atoms with Gasteiger partial charge in [0.05, 0.1) is 11.1 Å². The summed E-state index contributed by atoms with van der Waals surface area (Å²) in [5, 5.41) is 16.8. The number of hydrogen-bond acceptors (Lipinski definition) is 5. The van der Waals surface area contributed by atoms with Crippen LogP contribution in [0, 0.1) is 0 Å². The predicted molar refractivity (Wildman–Crippen MR) is 110 cm³/mol. The van der Waals surface area contributed by atoms with E-state index in [0.29, 0.717) is 35.7 Å². The van der Waals surface area contributed by atoms with Crippen LogP contribution in [0.5, 0.6) is 0 Å². The largest absolute Gasteiger partial charge is 0.418 e. The standard InChI is InChI=1S/C22H19ClN4O2/c23-17-8-6-16(7-9-17)22(10-12-28-13-11-22)21-27-26-20(29-21)19-14-18(24-25-19)15-4-2-1-3-5-15/h1-9,14H,10-13H2,(H,24,25). The highest BCUT2D eigenvalue weighted by Crippen LogP contribution is 2.41. The third-order valence-corrected chi connectivity index (χ3v) is 5.71. The average Bonchev–Trinajstić information content (AvgIpc) is 3.45. The Labute approximate surface area is 172 Å². The Kier molecular flexibility index (Phi) is 4.66. The Morgan fingerprint density at radius 3 is 2.45 bits per heavy atom. The molecule has 5 rings (SSSR count). The van der Waals surface area contributed by atoms with Gasteiger partial charge in [-0.25, -0.2) is 0 Å². The molecule has 0 unspecified atom stereocenters. The molecule has 1 aliphatic heterocycles. The molecule has 4 aromatic rings. The summed E-state index contributed by atoms with van der Waals surface area (Å²) in [5.74, 6) is 1.02. The number of halogens is 1. The van der Waals surface area contributed by atoms with E-state index in [9.17, 15) is 0 Å². The van der Waals surface area contributed by atoms with Gasteiger partial charge in [0, 0.05) is 23.8 Å². The van der Waals surface area contributed by atoms with Gasteiger partial charge >= 0.3 is 0 Å². The molecule has 29 heavy (non-hydrogen) atoms. The van der Waals surface area contributed by atoms with E-state index >= 15 is 0 Å². The van der Waals surface area contributed by atoms with Gasteiger partial charge in [-0.3, -0.25) is 5.10 Å². The molecule has 2 aromatic heterocycles. The van der Waals surface area contributed by atoms with E-state index in [0.717, 1.165) is 29.7 Å². The fourth-order valence-electron chi connectivity index (χ4n) is 3.83. The second kappa shape index (κ2) is 7.46. The molecular weight excluding hydrogens is 388 g/mol. The molecule has 0 radical (unpaired) electrons. The third-order valence-electron chi connectivity index (χ3n) is 5.46. The molecule has 6 nitrogen and oxygen atoms in total. The summed E-state index contributed by atoms with van der Waals surface area (Å²) in [5.41, 5.74) is 3.28. The van der Waals surface area contributed by atoms with Crippen molar-refractivity contribution in [2.45, 2.75) is 18.3 Å². The van der Waals surface area contributed by atoms with Crippen molar-refractivity contribution < 1.29 is 9.15 Å². The van der Waals surface area contributed by atoms with E-state index in [1.807, 2.05) is 60.7 Å². The van der Waals surface area contributed by atoms with Crippen LogP contribution in [0.2, 0.25) is 5.02 Å². The first-order valence-electron chi connectivity index (χ1n) is 9.54. The van der Waals surface area contributed by atoms with E-state index < -0.39 is 0 Å². The number of nitrogens with one attached hydrogen (secondary N) is 1. The van der Waals surface area contributed by atoms with Crippen molar-refractivity contribution in [3.8, 4) is 22.8 Å². The lowest BCUT2D eigenvalue weighted by molar-refractivity contribution is 0.0546. The van der Waals surface area contributed by atoms with Crippen LogP contribution in [0.15, 0.2) is 65.1 Å². The maximum Gasteiger partial charge on any atom is 0.265 e. The van der Waals surface area contributed by atoms with Crippen LogP contribution >= 0.6 is 11.6 Å². The monoisotopic (exact) mass is 406 g/mol. The highest BCUT2D eigenvalue weighted by molar-refractivity contribution is 6.30. The fraction of sp³-hybridized carbons (Fsp3) is 0.227. The van der Waals surface area contributed by atoms with Gasteiger partial charge in [-0.15, -0.1) is 10.2 Å². The zero-order chi connectivity index (χ0) is 19.7. The molecule has 0 spiro atoms. The van der Waals surface area contributed by atoms with Gasteiger partial charge < -0.3 is 9.15 Å². The summed E-state index contributed by atoms with van der Waals surface area (Å²) in [6.45, 7) is 1.28. The number of aromatic nitrogens is 4. The van der Waals surface area contributed by atoms with Crippen LogP contribution < -0.4 is 0 Å². The number of aromatic amines is 1. The minimum absolute atomic E-state index is 0.379. The van der Waals surface area contributed by atoms with Gasteiger partial charge in [-0.2, -0.15) is 5.10 Å². The van der Waals surface area contributed by atoms with Gasteiger partial charge in [0.25, 0.3) is 5.89 Å². The van der Waals surface area contributed by atoms with Crippen LogP contribution in [0.1, 0.15) is 24.3 Å². The first-order chi connectivity index (χ1) is 14.2. The molecule has 0 atom stereocenters. The van der Waals surface area contributed by atoms with E-state index in [1.165, 1.54) is 0 Å². The van der Waals surface area contributed by atoms with Crippen LogP contribution in [0.3, 0.4) is 0 Å². The predicted octanol–water partition coefficient (Wildman–Crippen LogP) is 4.88. The van der Waals surface area contributed by atoms with Gasteiger partial charge in [0.1, 0.15) is 5.69 Å². The maximum atomic E-state index is 6.16. The average molecular weight is 407 g/mol. The van der Waals surface area contributed by atoms with Crippen LogP contribution in [-0.2, 0) is 10.2 Å². The molecule has 7 heteroatoms. The summed E-state index contributed by atoms with van der Waals surface area (Å²) in [4.78, 5) is 0. The summed E-state index contributed by atoms with van der Waals surface area (Å²) < 4.78 is 11.8. The lowest BCUT2D eigenvalue weighted by Crippen LogP contribution is -2.35. The highest BCUT2D eigenvalue weighted by atomic mass is 35.5. The lowest BCUT2D eigenvalue weighted by Gasteiger charge is -2.34. The van der Waals surface area contributed by atoms with E-state index in [4.69, 9.17) is 20.8 Å². The molecule has 2 aromatic carbocycles. The van der Waals surface area contributed by atoms with Crippen LogP contribution in [0.4, 0.5) is 0 Å². The molecule has 1 fully saturated rings. The number of ether oxygens (including phenoxy) is 1. The zero-order valence-electron chi connectivity index (χ0n) is 15.6. The van der Waals surface area contributed by atoms with Crippen molar-refractivity contribution in [3.63, 3.8) is 0 Å². The van der Waals surface area contributed by atoms with E-state index in [2.05, 4.69) is 20.4 Å². The number of nitrogens with zero attached hydrogens (tertiary/aromatic N) is 3.